The van der Waals surface area contributed by atoms with E-state index < -0.39 is 0 Å². The zero-order valence-corrected chi connectivity index (χ0v) is 11.7. The Morgan fingerprint density at radius 3 is 2.79 bits per heavy atom. The Morgan fingerprint density at radius 2 is 2.11 bits per heavy atom. The number of thioether (sulfide) groups is 1. The van der Waals surface area contributed by atoms with Crippen LogP contribution in [-0.2, 0) is 6.54 Å². The van der Waals surface area contributed by atoms with Gasteiger partial charge in [-0.25, -0.2) is 0 Å². The molecule has 0 radical (unpaired) electrons. The molecule has 0 spiro atoms. The molecule has 4 nitrogen and oxygen atoms in total. The molecule has 0 unspecified atom stereocenters. The summed E-state index contributed by atoms with van der Waals surface area (Å²) in [4.78, 5) is 5.68. The minimum Gasteiger partial charge on any atom is -0.338 e. The standard InChI is InChI=1S/C14H17N3OS/c1-2-19-12-7-3-10(4-8-12)14-16-13(18-17-14)9-15-11-5-6-11/h3-4,7-8,11,15H,2,5-6,9H2,1H3. The molecule has 1 aromatic heterocycles. The Balaban J connectivity index is 1.66. The normalized spacial score (nSPS) is 14.8. The van der Waals surface area contributed by atoms with Gasteiger partial charge in [-0.15, -0.1) is 11.8 Å². The smallest absolute Gasteiger partial charge is 0.240 e. The van der Waals surface area contributed by atoms with Gasteiger partial charge in [0.05, 0.1) is 6.54 Å². The Kier molecular flexibility index (Phi) is 3.84. The first kappa shape index (κ1) is 12.7. The predicted octanol–water partition coefficient (Wildman–Crippen LogP) is 3.10. The maximum atomic E-state index is 5.25. The summed E-state index contributed by atoms with van der Waals surface area (Å²) in [6, 6.07) is 8.94. The third kappa shape index (κ3) is 3.36. The van der Waals surface area contributed by atoms with Crippen molar-refractivity contribution in [3.63, 3.8) is 0 Å². The molecule has 0 bridgehead atoms. The van der Waals surface area contributed by atoms with Crippen LogP contribution in [0.25, 0.3) is 11.4 Å². The molecule has 5 heteroatoms. The van der Waals surface area contributed by atoms with Crippen LogP contribution in [0.1, 0.15) is 25.7 Å². The van der Waals surface area contributed by atoms with Crippen LogP contribution in [-0.4, -0.2) is 21.9 Å². The minimum absolute atomic E-state index is 0.653. The van der Waals surface area contributed by atoms with E-state index in [1.807, 2.05) is 23.9 Å². The van der Waals surface area contributed by atoms with Crippen LogP contribution in [0.4, 0.5) is 0 Å². The van der Waals surface area contributed by atoms with Gasteiger partial charge >= 0.3 is 0 Å². The average molecular weight is 275 g/mol. The van der Waals surface area contributed by atoms with E-state index in [1.165, 1.54) is 17.7 Å². The summed E-state index contributed by atoms with van der Waals surface area (Å²) in [5.74, 6) is 2.41. The maximum absolute atomic E-state index is 5.25. The monoisotopic (exact) mass is 275 g/mol. The van der Waals surface area contributed by atoms with Crippen molar-refractivity contribution in [2.45, 2.75) is 37.2 Å². The fraction of sp³-hybridized carbons (Fsp3) is 0.429. The van der Waals surface area contributed by atoms with Crippen LogP contribution in [0.15, 0.2) is 33.7 Å². The van der Waals surface area contributed by atoms with Gasteiger partial charge in [0.25, 0.3) is 0 Å². The number of hydrogen-bond acceptors (Lipinski definition) is 5. The third-order valence-corrected chi connectivity index (χ3v) is 3.91. The molecule has 1 aromatic carbocycles. The second-order valence-corrected chi connectivity index (χ2v) is 5.96. The van der Waals surface area contributed by atoms with Gasteiger partial charge in [0.2, 0.25) is 11.7 Å². The van der Waals surface area contributed by atoms with E-state index in [1.54, 1.807) is 0 Å². The van der Waals surface area contributed by atoms with E-state index in [-0.39, 0.29) is 0 Å². The molecule has 0 saturated heterocycles. The number of nitrogens with one attached hydrogen (secondary N) is 1. The lowest BCUT2D eigenvalue weighted by atomic mass is 10.2. The van der Waals surface area contributed by atoms with Gasteiger partial charge in [-0.1, -0.05) is 12.1 Å². The fourth-order valence-electron chi connectivity index (χ4n) is 1.83. The largest absolute Gasteiger partial charge is 0.338 e. The van der Waals surface area contributed by atoms with E-state index >= 15 is 0 Å². The van der Waals surface area contributed by atoms with E-state index in [2.05, 4.69) is 34.5 Å². The Bertz CT molecular complexity index is 534. The summed E-state index contributed by atoms with van der Waals surface area (Å²) < 4.78 is 5.25. The lowest BCUT2D eigenvalue weighted by molar-refractivity contribution is 0.367. The molecule has 1 aliphatic rings. The molecule has 2 aromatic rings. The summed E-state index contributed by atoms with van der Waals surface area (Å²) in [5.41, 5.74) is 1.00. The number of benzene rings is 1. The van der Waals surface area contributed by atoms with Crippen LogP contribution in [0.3, 0.4) is 0 Å². The quantitative estimate of drug-likeness (QED) is 0.821. The number of nitrogens with zero attached hydrogens (tertiary/aromatic N) is 2. The molecule has 19 heavy (non-hydrogen) atoms. The highest BCUT2D eigenvalue weighted by Crippen LogP contribution is 2.23. The Labute approximate surface area is 117 Å². The fourth-order valence-corrected chi connectivity index (χ4v) is 2.49. The van der Waals surface area contributed by atoms with Gasteiger partial charge in [0, 0.05) is 16.5 Å². The molecule has 0 amide bonds. The third-order valence-electron chi connectivity index (χ3n) is 3.01. The van der Waals surface area contributed by atoms with Crippen LogP contribution in [0.5, 0.6) is 0 Å². The molecule has 1 fully saturated rings. The highest BCUT2D eigenvalue weighted by atomic mass is 32.2. The van der Waals surface area contributed by atoms with Crippen molar-refractivity contribution in [2.75, 3.05) is 5.75 Å². The first-order chi connectivity index (χ1) is 9.35. The summed E-state index contributed by atoms with van der Waals surface area (Å²) in [6.45, 7) is 2.82. The Hall–Kier alpha value is -1.33. The van der Waals surface area contributed by atoms with Crippen LogP contribution < -0.4 is 5.32 Å². The molecule has 0 aliphatic heterocycles. The molecule has 100 valence electrons. The lowest BCUT2D eigenvalue weighted by Crippen LogP contribution is -2.15. The number of aromatic nitrogens is 2. The van der Waals surface area contributed by atoms with Crippen molar-refractivity contribution in [3.05, 3.63) is 30.2 Å². The summed E-state index contributed by atoms with van der Waals surface area (Å²) in [5, 5.41) is 7.39. The molecule has 1 heterocycles. The van der Waals surface area contributed by atoms with Crippen LogP contribution >= 0.6 is 11.8 Å². The van der Waals surface area contributed by atoms with Gasteiger partial charge < -0.3 is 9.84 Å². The molecule has 1 N–H and O–H groups in total. The number of hydrogen-bond donors (Lipinski definition) is 1. The van der Waals surface area contributed by atoms with Crippen molar-refractivity contribution < 1.29 is 4.52 Å². The van der Waals surface area contributed by atoms with E-state index in [9.17, 15) is 0 Å². The molecule has 0 atom stereocenters. The molecule has 3 rings (SSSR count). The maximum Gasteiger partial charge on any atom is 0.240 e. The van der Waals surface area contributed by atoms with E-state index in [4.69, 9.17) is 4.52 Å². The van der Waals surface area contributed by atoms with Gasteiger partial charge in [-0.05, 0) is 42.9 Å². The highest BCUT2D eigenvalue weighted by molar-refractivity contribution is 7.99. The summed E-state index contributed by atoms with van der Waals surface area (Å²) in [6.07, 6.45) is 2.52. The second kappa shape index (κ2) is 5.75. The number of rotatable bonds is 6. The van der Waals surface area contributed by atoms with Crippen molar-refractivity contribution >= 4 is 11.8 Å². The van der Waals surface area contributed by atoms with E-state index in [0.29, 0.717) is 24.3 Å². The van der Waals surface area contributed by atoms with Gasteiger partial charge in [-0.3, -0.25) is 0 Å². The van der Waals surface area contributed by atoms with Crippen molar-refractivity contribution in [1.82, 2.24) is 15.5 Å². The molecule has 1 saturated carbocycles. The zero-order chi connectivity index (χ0) is 13.1. The van der Waals surface area contributed by atoms with Crippen LogP contribution in [0, 0.1) is 0 Å². The van der Waals surface area contributed by atoms with Crippen molar-refractivity contribution in [1.29, 1.82) is 0 Å². The van der Waals surface area contributed by atoms with Crippen LogP contribution in [0.2, 0.25) is 0 Å². The van der Waals surface area contributed by atoms with Gasteiger partial charge in [0.15, 0.2) is 0 Å². The van der Waals surface area contributed by atoms with Gasteiger partial charge in [-0.2, -0.15) is 4.98 Å². The minimum atomic E-state index is 0.653. The summed E-state index contributed by atoms with van der Waals surface area (Å²) >= 11 is 1.83. The molecular weight excluding hydrogens is 258 g/mol. The van der Waals surface area contributed by atoms with Crippen molar-refractivity contribution in [3.8, 4) is 11.4 Å². The summed E-state index contributed by atoms with van der Waals surface area (Å²) in [7, 11) is 0. The SMILES string of the molecule is CCSc1ccc(-c2noc(CNC3CC3)n2)cc1. The van der Waals surface area contributed by atoms with Gasteiger partial charge in [0.1, 0.15) is 0 Å². The van der Waals surface area contributed by atoms with E-state index in [0.717, 1.165) is 11.3 Å². The van der Waals surface area contributed by atoms with Crippen molar-refractivity contribution in [2.24, 2.45) is 0 Å². The topological polar surface area (TPSA) is 51.0 Å². The second-order valence-electron chi connectivity index (χ2n) is 4.62. The first-order valence-electron chi connectivity index (χ1n) is 6.64. The molecular formula is C14H17N3OS. The Morgan fingerprint density at radius 1 is 1.32 bits per heavy atom. The lowest BCUT2D eigenvalue weighted by Gasteiger charge is -1.98. The zero-order valence-electron chi connectivity index (χ0n) is 10.9. The first-order valence-corrected chi connectivity index (χ1v) is 7.63. The predicted molar refractivity (Wildman–Crippen MR) is 76.0 cm³/mol. The average Bonchev–Trinajstić information content (AvgIpc) is 3.15. The molecule has 1 aliphatic carbocycles. The highest BCUT2D eigenvalue weighted by Gasteiger charge is 2.21.